The Morgan fingerprint density at radius 3 is 3.18 bits per heavy atom. The summed E-state index contributed by atoms with van der Waals surface area (Å²) in [5.74, 6) is 0. The fourth-order valence-corrected chi connectivity index (χ4v) is 2.83. The summed E-state index contributed by atoms with van der Waals surface area (Å²) in [6.45, 7) is 4.70. The number of rotatable bonds is 4. The Hall–Kier alpha value is -0.980. The van der Waals surface area contributed by atoms with Gasteiger partial charge in [-0.2, -0.15) is 0 Å². The Balaban J connectivity index is 2.22. The van der Waals surface area contributed by atoms with E-state index in [1.807, 2.05) is 0 Å². The second kappa shape index (κ2) is 5.57. The lowest BCUT2D eigenvalue weighted by atomic mass is 10.3. The normalized spacial score (nSPS) is 20.6. The zero-order chi connectivity index (χ0) is 12.3. The van der Waals surface area contributed by atoms with E-state index in [4.69, 9.17) is 9.47 Å². The van der Waals surface area contributed by atoms with E-state index in [-0.39, 0.29) is 0 Å². The van der Waals surface area contributed by atoms with Crippen LogP contribution >= 0.6 is 11.3 Å². The lowest BCUT2D eigenvalue weighted by molar-refractivity contribution is 0.0988. The molecule has 1 unspecified atom stereocenters. The van der Waals surface area contributed by atoms with Gasteiger partial charge in [-0.15, -0.1) is 0 Å². The largest absolute Gasteiger partial charge is 0.378 e. The Kier molecular flexibility index (Phi) is 4.09. The van der Waals surface area contributed by atoms with Crippen molar-refractivity contribution in [3.63, 3.8) is 0 Å². The van der Waals surface area contributed by atoms with Crippen LogP contribution in [0.5, 0.6) is 0 Å². The van der Waals surface area contributed by atoms with Gasteiger partial charge in [0.2, 0.25) is 0 Å². The number of nitrogens with zero attached hydrogens (tertiary/aromatic N) is 2. The fraction of sp³-hybridized carbons (Fsp3) is 0.636. The Morgan fingerprint density at radius 2 is 2.53 bits per heavy atom. The monoisotopic (exact) mass is 256 g/mol. The quantitative estimate of drug-likeness (QED) is 0.761. The number of thiazole rings is 1. The highest BCUT2D eigenvalue weighted by molar-refractivity contribution is 7.17. The van der Waals surface area contributed by atoms with Gasteiger partial charge in [0.25, 0.3) is 0 Å². The first-order chi connectivity index (χ1) is 8.26. The average molecular weight is 256 g/mol. The number of aromatic nitrogens is 1. The molecule has 2 heterocycles. The SMILES string of the molecule is COCc1nc(N2CCOCC2C)sc1C=O. The molecule has 1 aliphatic heterocycles. The summed E-state index contributed by atoms with van der Waals surface area (Å²) >= 11 is 1.42. The number of carbonyl (C=O) groups is 1. The Morgan fingerprint density at radius 1 is 1.71 bits per heavy atom. The zero-order valence-electron chi connectivity index (χ0n) is 10.0. The van der Waals surface area contributed by atoms with Crippen molar-refractivity contribution in [3.05, 3.63) is 10.6 Å². The maximum Gasteiger partial charge on any atom is 0.186 e. The van der Waals surface area contributed by atoms with Gasteiger partial charge in [-0.3, -0.25) is 4.79 Å². The first-order valence-corrected chi connectivity index (χ1v) is 6.36. The third-order valence-electron chi connectivity index (χ3n) is 2.72. The number of aldehydes is 1. The first-order valence-electron chi connectivity index (χ1n) is 5.54. The molecule has 1 aliphatic rings. The molecule has 0 radical (unpaired) electrons. The molecule has 1 aromatic rings. The number of carbonyl (C=O) groups excluding carboxylic acids is 1. The van der Waals surface area contributed by atoms with Gasteiger partial charge in [-0.05, 0) is 6.92 Å². The van der Waals surface area contributed by atoms with Crippen LogP contribution in [0.15, 0.2) is 0 Å². The third-order valence-corrected chi connectivity index (χ3v) is 3.78. The van der Waals surface area contributed by atoms with Crippen LogP contribution in [0.3, 0.4) is 0 Å². The summed E-state index contributed by atoms with van der Waals surface area (Å²) in [5, 5.41) is 0.884. The van der Waals surface area contributed by atoms with Crippen molar-refractivity contribution in [2.75, 3.05) is 31.8 Å². The summed E-state index contributed by atoms with van der Waals surface area (Å²) in [4.78, 5) is 18.3. The van der Waals surface area contributed by atoms with Crippen molar-refractivity contribution in [3.8, 4) is 0 Å². The maximum absolute atomic E-state index is 11.0. The highest BCUT2D eigenvalue weighted by Crippen LogP contribution is 2.28. The van der Waals surface area contributed by atoms with Crippen molar-refractivity contribution >= 4 is 22.8 Å². The van der Waals surface area contributed by atoms with Crippen LogP contribution < -0.4 is 4.90 Å². The van der Waals surface area contributed by atoms with Gasteiger partial charge >= 0.3 is 0 Å². The van der Waals surface area contributed by atoms with Gasteiger partial charge in [0, 0.05) is 13.7 Å². The van der Waals surface area contributed by atoms with Gasteiger partial charge in [-0.25, -0.2) is 4.98 Å². The molecule has 2 rings (SSSR count). The molecular formula is C11H16N2O3S. The first kappa shape index (κ1) is 12.5. The second-order valence-corrected chi connectivity index (χ2v) is 4.98. The van der Waals surface area contributed by atoms with Gasteiger partial charge in [0.15, 0.2) is 11.4 Å². The molecule has 0 aromatic carbocycles. The predicted octanol–water partition coefficient (Wildman–Crippen LogP) is 1.33. The van der Waals surface area contributed by atoms with Crippen LogP contribution in [-0.2, 0) is 16.1 Å². The highest BCUT2D eigenvalue weighted by Gasteiger charge is 2.23. The smallest absolute Gasteiger partial charge is 0.186 e. The Bertz CT molecular complexity index is 394. The van der Waals surface area contributed by atoms with E-state index in [9.17, 15) is 4.79 Å². The molecule has 1 aromatic heterocycles. The molecule has 0 aliphatic carbocycles. The van der Waals surface area contributed by atoms with E-state index in [1.165, 1.54) is 11.3 Å². The minimum Gasteiger partial charge on any atom is -0.378 e. The van der Waals surface area contributed by atoms with Crippen LogP contribution in [-0.4, -0.2) is 44.2 Å². The van der Waals surface area contributed by atoms with Crippen LogP contribution in [0.25, 0.3) is 0 Å². The Labute approximate surface area is 104 Å². The van der Waals surface area contributed by atoms with Gasteiger partial charge in [0.05, 0.1) is 36.4 Å². The number of methoxy groups -OCH3 is 1. The summed E-state index contributed by atoms with van der Waals surface area (Å²) in [5.41, 5.74) is 0.723. The third kappa shape index (κ3) is 2.65. The minimum absolute atomic E-state index is 0.296. The van der Waals surface area contributed by atoms with E-state index in [0.29, 0.717) is 30.7 Å². The molecule has 6 heteroatoms. The molecular weight excluding hydrogens is 240 g/mol. The predicted molar refractivity (Wildman–Crippen MR) is 65.8 cm³/mol. The molecule has 94 valence electrons. The van der Waals surface area contributed by atoms with Crippen LogP contribution in [0.1, 0.15) is 22.3 Å². The van der Waals surface area contributed by atoms with Gasteiger partial charge in [-0.1, -0.05) is 11.3 Å². The van der Waals surface area contributed by atoms with E-state index in [0.717, 1.165) is 23.7 Å². The minimum atomic E-state index is 0.296. The van der Waals surface area contributed by atoms with E-state index >= 15 is 0 Å². The van der Waals surface area contributed by atoms with Crippen molar-refractivity contribution in [1.29, 1.82) is 0 Å². The van der Waals surface area contributed by atoms with E-state index in [1.54, 1.807) is 7.11 Å². The number of morpholine rings is 1. The zero-order valence-corrected chi connectivity index (χ0v) is 10.8. The van der Waals surface area contributed by atoms with E-state index < -0.39 is 0 Å². The van der Waals surface area contributed by atoms with Crippen LogP contribution in [0.4, 0.5) is 5.13 Å². The number of hydrogen-bond acceptors (Lipinski definition) is 6. The molecule has 0 N–H and O–H groups in total. The summed E-state index contributed by atoms with van der Waals surface area (Å²) < 4.78 is 10.4. The average Bonchev–Trinajstić information content (AvgIpc) is 2.73. The van der Waals surface area contributed by atoms with Crippen molar-refractivity contribution in [2.24, 2.45) is 0 Å². The molecule has 17 heavy (non-hydrogen) atoms. The standard InChI is InChI=1S/C11H16N2O3S/c1-8-6-16-4-3-13(8)11-12-9(7-15-2)10(5-14)17-11/h5,8H,3-4,6-7H2,1-2H3. The molecule has 1 saturated heterocycles. The summed E-state index contributed by atoms with van der Waals surface area (Å²) in [6.07, 6.45) is 0.848. The summed E-state index contributed by atoms with van der Waals surface area (Å²) in [7, 11) is 1.60. The molecule has 0 bridgehead atoms. The molecule has 0 amide bonds. The van der Waals surface area contributed by atoms with Crippen LogP contribution in [0, 0.1) is 0 Å². The molecule has 5 nitrogen and oxygen atoms in total. The van der Waals surface area contributed by atoms with Crippen molar-refractivity contribution < 1.29 is 14.3 Å². The fourth-order valence-electron chi connectivity index (χ4n) is 1.82. The number of anilines is 1. The van der Waals surface area contributed by atoms with Crippen molar-refractivity contribution in [1.82, 2.24) is 4.98 Å². The number of hydrogen-bond donors (Lipinski definition) is 0. The van der Waals surface area contributed by atoms with Crippen molar-refractivity contribution in [2.45, 2.75) is 19.6 Å². The lowest BCUT2D eigenvalue weighted by Gasteiger charge is -2.32. The topological polar surface area (TPSA) is 51.7 Å². The summed E-state index contributed by atoms with van der Waals surface area (Å²) in [6, 6.07) is 0.296. The van der Waals surface area contributed by atoms with Gasteiger partial charge in [0.1, 0.15) is 0 Å². The second-order valence-electron chi connectivity index (χ2n) is 3.98. The number of ether oxygens (including phenoxy) is 2. The maximum atomic E-state index is 11.0. The molecule has 0 saturated carbocycles. The highest BCUT2D eigenvalue weighted by atomic mass is 32.1. The van der Waals surface area contributed by atoms with Gasteiger partial charge < -0.3 is 14.4 Å². The molecule has 0 spiro atoms. The lowest BCUT2D eigenvalue weighted by Crippen LogP contribution is -2.43. The molecule has 1 fully saturated rings. The van der Waals surface area contributed by atoms with E-state index in [2.05, 4.69) is 16.8 Å². The molecule has 1 atom stereocenters. The van der Waals surface area contributed by atoms with Crippen LogP contribution in [0.2, 0.25) is 0 Å².